The summed E-state index contributed by atoms with van der Waals surface area (Å²) in [5, 5.41) is 0. The van der Waals surface area contributed by atoms with Crippen LogP contribution in [0.15, 0.2) is 23.2 Å². The topological polar surface area (TPSA) is 38.4 Å². The molecule has 0 unspecified atom stereocenters. The van der Waals surface area contributed by atoms with Crippen molar-refractivity contribution in [2.45, 2.75) is 38.5 Å². The summed E-state index contributed by atoms with van der Waals surface area (Å²) in [5.74, 6) is 1.42. The van der Waals surface area contributed by atoms with Crippen molar-refractivity contribution in [3.8, 4) is 0 Å². The Hall–Kier alpha value is -1.31. The molecule has 84 valence electrons. The molecule has 0 aromatic heterocycles. The maximum absolute atomic E-state index is 5.99. The molecule has 3 rings (SSSR count). The number of rotatable bonds is 2. The molecule has 0 spiro atoms. The van der Waals surface area contributed by atoms with Crippen molar-refractivity contribution < 1.29 is 0 Å². The Balaban J connectivity index is 1.96. The molecule has 2 heteroatoms. The molecule has 2 N–H and O–H groups in total. The average Bonchev–Trinajstić information content (AvgIpc) is 3.13. The van der Waals surface area contributed by atoms with E-state index < -0.39 is 0 Å². The quantitative estimate of drug-likeness (QED) is 0.596. The maximum atomic E-state index is 5.99. The largest absolute Gasteiger partial charge is 0.387 e. The highest BCUT2D eigenvalue weighted by atomic mass is 14.9. The second kappa shape index (κ2) is 3.93. The van der Waals surface area contributed by atoms with Crippen LogP contribution in [-0.2, 0) is 12.8 Å². The molecular weight excluding hydrogens is 196 g/mol. The Morgan fingerprint density at radius 2 is 2.00 bits per heavy atom. The van der Waals surface area contributed by atoms with Gasteiger partial charge in [-0.1, -0.05) is 12.1 Å². The number of nitrogens with zero attached hydrogens (tertiary/aromatic N) is 1. The molecular formula is C14H18N2. The van der Waals surface area contributed by atoms with Crippen LogP contribution >= 0.6 is 0 Å². The lowest BCUT2D eigenvalue weighted by Crippen LogP contribution is -2.13. The van der Waals surface area contributed by atoms with Crippen molar-refractivity contribution in [2.75, 3.05) is 0 Å². The van der Waals surface area contributed by atoms with Gasteiger partial charge in [-0.3, -0.25) is 0 Å². The predicted molar refractivity (Wildman–Crippen MR) is 67.1 cm³/mol. The fourth-order valence-corrected chi connectivity index (χ4v) is 2.48. The standard InChI is InChI=1S/C14H18N2/c15-14(11-8-9-11)16-13-7-3-5-10-4-1-2-6-12(10)13/h3,5,7,11H,1-2,4,6,8-9H2,(H2,15,16). The molecule has 0 aliphatic heterocycles. The smallest absolute Gasteiger partial charge is 0.103 e. The van der Waals surface area contributed by atoms with Crippen LogP contribution in [0.5, 0.6) is 0 Å². The molecule has 1 aromatic rings. The number of hydrogen-bond acceptors (Lipinski definition) is 1. The van der Waals surface area contributed by atoms with Gasteiger partial charge in [0.25, 0.3) is 0 Å². The van der Waals surface area contributed by atoms with E-state index in [2.05, 4.69) is 23.2 Å². The van der Waals surface area contributed by atoms with Gasteiger partial charge in [-0.25, -0.2) is 4.99 Å². The Labute approximate surface area is 96.6 Å². The summed E-state index contributed by atoms with van der Waals surface area (Å²) in [6, 6.07) is 6.46. The summed E-state index contributed by atoms with van der Waals surface area (Å²) < 4.78 is 0. The molecule has 1 aromatic carbocycles. The zero-order valence-corrected chi connectivity index (χ0v) is 9.58. The van der Waals surface area contributed by atoms with Gasteiger partial charge < -0.3 is 5.73 Å². The fraction of sp³-hybridized carbons (Fsp3) is 0.500. The summed E-state index contributed by atoms with van der Waals surface area (Å²) in [6.07, 6.45) is 7.45. The molecule has 0 amide bonds. The number of aryl methyl sites for hydroxylation is 1. The predicted octanol–water partition coefficient (Wildman–Crippen LogP) is 2.96. The Kier molecular flexibility index (Phi) is 2.43. The van der Waals surface area contributed by atoms with Crippen molar-refractivity contribution in [2.24, 2.45) is 16.6 Å². The molecule has 16 heavy (non-hydrogen) atoms. The van der Waals surface area contributed by atoms with Crippen LogP contribution in [0.2, 0.25) is 0 Å². The first-order chi connectivity index (χ1) is 7.84. The van der Waals surface area contributed by atoms with E-state index in [1.807, 2.05) is 0 Å². The van der Waals surface area contributed by atoms with Gasteiger partial charge >= 0.3 is 0 Å². The molecule has 1 saturated carbocycles. The number of hydrogen-bond donors (Lipinski definition) is 1. The number of amidine groups is 1. The Bertz CT molecular complexity index is 430. The fourth-order valence-electron chi connectivity index (χ4n) is 2.48. The molecule has 0 atom stereocenters. The lowest BCUT2D eigenvalue weighted by Gasteiger charge is -2.17. The monoisotopic (exact) mass is 214 g/mol. The minimum Gasteiger partial charge on any atom is -0.387 e. The van der Waals surface area contributed by atoms with Crippen molar-refractivity contribution >= 4 is 11.5 Å². The van der Waals surface area contributed by atoms with E-state index in [0.717, 1.165) is 11.5 Å². The summed E-state index contributed by atoms with van der Waals surface area (Å²) in [5.41, 5.74) is 10.0. The van der Waals surface area contributed by atoms with Gasteiger partial charge in [0, 0.05) is 5.92 Å². The zero-order valence-electron chi connectivity index (χ0n) is 9.58. The molecule has 2 aliphatic rings. The van der Waals surface area contributed by atoms with Gasteiger partial charge in [0.05, 0.1) is 5.69 Å². The lowest BCUT2D eigenvalue weighted by molar-refractivity contribution is 0.686. The normalized spacial score (nSPS) is 20.6. The molecule has 1 fully saturated rings. The second-order valence-electron chi connectivity index (χ2n) is 4.93. The molecule has 0 saturated heterocycles. The van der Waals surface area contributed by atoms with Crippen LogP contribution in [0.3, 0.4) is 0 Å². The first kappa shape index (κ1) is 9.88. The number of benzene rings is 1. The van der Waals surface area contributed by atoms with Gasteiger partial charge in [-0.15, -0.1) is 0 Å². The molecule has 0 bridgehead atoms. The van der Waals surface area contributed by atoms with E-state index in [4.69, 9.17) is 5.73 Å². The minimum atomic E-state index is 0.569. The zero-order chi connectivity index (χ0) is 11.0. The number of fused-ring (bicyclic) bond motifs is 1. The van der Waals surface area contributed by atoms with Crippen molar-refractivity contribution in [1.29, 1.82) is 0 Å². The van der Waals surface area contributed by atoms with E-state index in [1.54, 1.807) is 0 Å². The van der Waals surface area contributed by atoms with Gasteiger partial charge in [0.1, 0.15) is 5.84 Å². The number of aliphatic imine (C=N–C) groups is 1. The Morgan fingerprint density at radius 1 is 1.19 bits per heavy atom. The number of nitrogens with two attached hydrogens (primary N) is 1. The summed E-state index contributed by atoms with van der Waals surface area (Å²) in [4.78, 5) is 4.63. The van der Waals surface area contributed by atoms with E-state index in [9.17, 15) is 0 Å². The summed E-state index contributed by atoms with van der Waals surface area (Å²) >= 11 is 0. The molecule has 0 heterocycles. The van der Waals surface area contributed by atoms with E-state index in [1.165, 1.54) is 49.7 Å². The second-order valence-corrected chi connectivity index (χ2v) is 4.93. The Morgan fingerprint density at radius 3 is 2.81 bits per heavy atom. The first-order valence-electron chi connectivity index (χ1n) is 6.29. The van der Waals surface area contributed by atoms with Crippen LogP contribution < -0.4 is 5.73 Å². The SMILES string of the molecule is NC(=Nc1cccc2c1CCCC2)C1CC1. The molecule has 2 aliphatic carbocycles. The average molecular weight is 214 g/mol. The lowest BCUT2D eigenvalue weighted by atomic mass is 9.90. The first-order valence-corrected chi connectivity index (χ1v) is 6.29. The third-order valence-corrected chi connectivity index (χ3v) is 3.62. The third kappa shape index (κ3) is 1.84. The van der Waals surface area contributed by atoms with Crippen LogP contribution in [0.25, 0.3) is 0 Å². The van der Waals surface area contributed by atoms with Gasteiger partial charge in [0.2, 0.25) is 0 Å². The van der Waals surface area contributed by atoms with Crippen LogP contribution in [0.4, 0.5) is 5.69 Å². The highest BCUT2D eigenvalue weighted by Crippen LogP contribution is 2.33. The van der Waals surface area contributed by atoms with Crippen molar-refractivity contribution in [1.82, 2.24) is 0 Å². The molecule has 2 nitrogen and oxygen atoms in total. The van der Waals surface area contributed by atoms with E-state index in [-0.39, 0.29) is 0 Å². The highest BCUT2D eigenvalue weighted by Gasteiger charge is 2.25. The highest BCUT2D eigenvalue weighted by molar-refractivity contribution is 5.87. The van der Waals surface area contributed by atoms with E-state index in [0.29, 0.717) is 5.92 Å². The third-order valence-electron chi connectivity index (χ3n) is 3.62. The minimum absolute atomic E-state index is 0.569. The van der Waals surface area contributed by atoms with E-state index >= 15 is 0 Å². The summed E-state index contributed by atoms with van der Waals surface area (Å²) in [7, 11) is 0. The van der Waals surface area contributed by atoms with Gasteiger partial charge in [0.15, 0.2) is 0 Å². The van der Waals surface area contributed by atoms with Gasteiger partial charge in [-0.2, -0.15) is 0 Å². The van der Waals surface area contributed by atoms with Crippen LogP contribution in [0, 0.1) is 5.92 Å². The summed E-state index contributed by atoms with van der Waals surface area (Å²) in [6.45, 7) is 0. The van der Waals surface area contributed by atoms with Gasteiger partial charge in [-0.05, 0) is 55.7 Å². The van der Waals surface area contributed by atoms with Crippen molar-refractivity contribution in [3.63, 3.8) is 0 Å². The maximum Gasteiger partial charge on any atom is 0.103 e. The van der Waals surface area contributed by atoms with Crippen LogP contribution in [-0.4, -0.2) is 5.84 Å². The van der Waals surface area contributed by atoms with Crippen molar-refractivity contribution in [3.05, 3.63) is 29.3 Å². The van der Waals surface area contributed by atoms with Crippen LogP contribution in [0.1, 0.15) is 36.8 Å². The molecule has 0 radical (unpaired) electrons.